The van der Waals surface area contributed by atoms with E-state index in [1.54, 1.807) is 25.3 Å². The molecule has 0 N–H and O–H groups in total. The second-order valence-corrected chi connectivity index (χ2v) is 11.5. The van der Waals surface area contributed by atoms with Gasteiger partial charge >= 0.3 is 0 Å². The molecule has 0 aromatic heterocycles. The van der Waals surface area contributed by atoms with E-state index >= 15 is 0 Å². The molecule has 0 aliphatic carbocycles. The van der Waals surface area contributed by atoms with Gasteiger partial charge in [-0.1, -0.05) is 139 Å². The minimum atomic E-state index is -0.618. The van der Waals surface area contributed by atoms with Crippen molar-refractivity contribution in [1.82, 2.24) is 4.90 Å². The van der Waals surface area contributed by atoms with E-state index < -0.39 is 17.9 Å². The van der Waals surface area contributed by atoms with Crippen LogP contribution in [0, 0.1) is 0 Å². The Morgan fingerprint density at radius 2 is 1.27 bits per heavy atom. The second kappa shape index (κ2) is 13.6. The fourth-order valence-corrected chi connectivity index (χ4v) is 6.32. The van der Waals surface area contributed by atoms with Crippen molar-refractivity contribution in [1.29, 1.82) is 0 Å². The van der Waals surface area contributed by atoms with Crippen LogP contribution in [0.4, 0.5) is 5.69 Å². The fourth-order valence-electron chi connectivity index (χ4n) is 5.16. The van der Waals surface area contributed by atoms with Crippen molar-refractivity contribution in [3.05, 3.63) is 178 Å². The Morgan fingerprint density at radius 3 is 1.84 bits per heavy atom. The van der Waals surface area contributed by atoms with E-state index in [-0.39, 0.29) is 16.8 Å². The molecular weight excluding hydrogens is 599 g/mol. The van der Waals surface area contributed by atoms with Gasteiger partial charge in [0.15, 0.2) is 10.8 Å². The molecule has 5 aromatic rings. The zero-order valence-corrected chi connectivity index (χ0v) is 25.9. The molecule has 0 bridgehead atoms. The van der Waals surface area contributed by atoms with Gasteiger partial charge in [-0.15, -0.1) is 10.2 Å². The number of azo groups is 1. The average Bonchev–Trinajstić information content (AvgIpc) is 3.35. The topological polar surface area (TPSA) is 71.3 Å². The predicted molar refractivity (Wildman–Crippen MR) is 181 cm³/mol. The number of fused-ring (bicyclic) bond motifs is 1. The first-order valence-corrected chi connectivity index (χ1v) is 15.4. The standard InChI is InChI=1S/C37H27N3O3S2/c1-43-37(45-28-21-12-5-13-22-28)32(34(44)27-19-10-4-11-20-27)39-38-30-24-14-23-29-31(30)36(42)40(35(29)41)33(25-15-6-2-7-16-25)26-17-8-3-9-18-26/h2-24,33H,1H3/b37-32+,39-38?. The number of thiocarbonyl (C=S) groups is 1. The molecule has 6 rings (SSSR count). The first kappa shape index (κ1) is 29.9. The van der Waals surface area contributed by atoms with Crippen molar-refractivity contribution in [3.8, 4) is 0 Å². The molecule has 1 heterocycles. The molecule has 2 amide bonds. The highest BCUT2D eigenvalue weighted by Crippen LogP contribution is 2.40. The van der Waals surface area contributed by atoms with Crippen LogP contribution in [0.3, 0.4) is 0 Å². The largest absolute Gasteiger partial charge is 0.488 e. The maximum Gasteiger partial charge on any atom is 0.264 e. The van der Waals surface area contributed by atoms with E-state index in [2.05, 4.69) is 10.2 Å². The van der Waals surface area contributed by atoms with Gasteiger partial charge in [0.2, 0.25) is 0 Å². The number of thioether (sulfide) groups is 1. The van der Waals surface area contributed by atoms with Crippen LogP contribution < -0.4 is 0 Å². The van der Waals surface area contributed by atoms with Gasteiger partial charge in [0.05, 0.1) is 34.8 Å². The summed E-state index contributed by atoms with van der Waals surface area (Å²) in [6.45, 7) is 0. The smallest absolute Gasteiger partial charge is 0.264 e. The predicted octanol–water partition coefficient (Wildman–Crippen LogP) is 9.18. The maximum absolute atomic E-state index is 14.2. The van der Waals surface area contributed by atoms with Gasteiger partial charge in [0.25, 0.3) is 11.8 Å². The first-order valence-electron chi connectivity index (χ1n) is 14.2. The van der Waals surface area contributed by atoms with Gasteiger partial charge in [-0.2, -0.15) is 0 Å². The van der Waals surface area contributed by atoms with Crippen LogP contribution in [0.2, 0.25) is 0 Å². The Balaban J connectivity index is 1.42. The molecule has 1 aliphatic rings. The monoisotopic (exact) mass is 625 g/mol. The van der Waals surface area contributed by atoms with Gasteiger partial charge in [-0.25, -0.2) is 0 Å². The molecule has 45 heavy (non-hydrogen) atoms. The number of benzene rings is 5. The highest BCUT2D eigenvalue weighted by atomic mass is 32.2. The minimum Gasteiger partial charge on any atom is -0.488 e. The van der Waals surface area contributed by atoms with Crippen LogP contribution in [0.25, 0.3) is 0 Å². The summed E-state index contributed by atoms with van der Waals surface area (Å²) in [4.78, 5) is 30.8. The van der Waals surface area contributed by atoms with Crippen LogP contribution in [-0.2, 0) is 4.74 Å². The van der Waals surface area contributed by atoms with Gasteiger partial charge in [-0.05, 0) is 41.0 Å². The van der Waals surface area contributed by atoms with E-state index in [9.17, 15) is 9.59 Å². The summed E-state index contributed by atoms with van der Waals surface area (Å²) in [5.74, 6) is -0.832. The molecule has 8 heteroatoms. The Morgan fingerprint density at radius 1 is 0.711 bits per heavy atom. The molecule has 0 spiro atoms. The van der Waals surface area contributed by atoms with Crippen molar-refractivity contribution in [2.75, 3.05) is 7.11 Å². The highest BCUT2D eigenvalue weighted by Gasteiger charge is 2.42. The summed E-state index contributed by atoms with van der Waals surface area (Å²) in [5.41, 5.74) is 3.49. The van der Waals surface area contributed by atoms with Crippen LogP contribution in [0.1, 0.15) is 43.4 Å². The Hall–Kier alpha value is -5.18. The van der Waals surface area contributed by atoms with Crippen molar-refractivity contribution in [2.24, 2.45) is 10.2 Å². The van der Waals surface area contributed by atoms with Gasteiger partial charge in [0, 0.05) is 4.90 Å². The molecule has 6 nitrogen and oxygen atoms in total. The Kier molecular flexibility index (Phi) is 9.05. The van der Waals surface area contributed by atoms with E-state index in [0.717, 1.165) is 21.6 Å². The molecule has 0 atom stereocenters. The van der Waals surface area contributed by atoms with Crippen molar-refractivity contribution in [2.45, 2.75) is 10.9 Å². The van der Waals surface area contributed by atoms with Gasteiger partial charge < -0.3 is 4.74 Å². The lowest BCUT2D eigenvalue weighted by atomic mass is 9.97. The zero-order valence-electron chi connectivity index (χ0n) is 24.2. The quantitative estimate of drug-likeness (QED) is 0.0294. The summed E-state index contributed by atoms with van der Waals surface area (Å²) < 4.78 is 5.80. The van der Waals surface area contributed by atoms with E-state index in [4.69, 9.17) is 17.0 Å². The number of hydrogen-bond donors (Lipinski definition) is 0. The van der Waals surface area contributed by atoms with Crippen LogP contribution in [-0.4, -0.2) is 28.7 Å². The number of carbonyl (C=O) groups is 2. The number of methoxy groups -OCH3 is 1. The summed E-state index contributed by atoms with van der Waals surface area (Å²) in [6.07, 6.45) is 0. The third kappa shape index (κ3) is 6.24. The number of nitrogens with zero attached hydrogens (tertiary/aromatic N) is 3. The van der Waals surface area contributed by atoms with Gasteiger partial charge in [-0.3, -0.25) is 14.5 Å². The van der Waals surface area contributed by atoms with Crippen LogP contribution >= 0.6 is 24.0 Å². The molecule has 5 aromatic carbocycles. The Bertz CT molecular complexity index is 1870. The minimum absolute atomic E-state index is 0.197. The molecular formula is C37H27N3O3S2. The van der Waals surface area contributed by atoms with Crippen LogP contribution in [0.5, 0.6) is 0 Å². The normalized spacial score (nSPS) is 13.2. The molecule has 1 aliphatic heterocycles. The zero-order chi connectivity index (χ0) is 31.2. The van der Waals surface area contributed by atoms with E-state index in [0.29, 0.717) is 15.7 Å². The summed E-state index contributed by atoms with van der Waals surface area (Å²) in [7, 11) is 1.56. The average molecular weight is 626 g/mol. The van der Waals surface area contributed by atoms with Gasteiger partial charge in [0.1, 0.15) is 0 Å². The van der Waals surface area contributed by atoms with E-state index in [1.165, 1.54) is 16.7 Å². The molecule has 220 valence electrons. The molecule has 0 fully saturated rings. The molecule has 0 saturated carbocycles. The third-order valence-electron chi connectivity index (χ3n) is 7.25. The number of carbonyl (C=O) groups excluding carboxylic acids is 2. The number of rotatable bonds is 10. The lowest BCUT2D eigenvalue weighted by Gasteiger charge is -2.27. The van der Waals surface area contributed by atoms with Crippen LogP contribution in [0.15, 0.2) is 165 Å². The maximum atomic E-state index is 14.2. The fraction of sp³-hybridized carbons (Fsp3) is 0.0541. The number of hydrogen-bond acceptors (Lipinski definition) is 7. The molecule has 0 saturated heterocycles. The molecule has 0 unspecified atom stereocenters. The number of imide groups is 1. The van der Waals surface area contributed by atoms with Crippen molar-refractivity contribution < 1.29 is 14.3 Å². The first-order chi connectivity index (χ1) is 22.1. The summed E-state index contributed by atoms with van der Waals surface area (Å²) >= 11 is 7.25. The second-order valence-electron chi connectivity index (χ2n) is 10.1. The van der Waals surface area contributed by atoms with E-state index in [1.807, 2.05) is 121 Å². The lowest BCUT2D eigenvalue weighted by Crippen LogP contribution is -2.34. The van der Waals surface area contributed by atoms with Crippen molar-refractivity contribution in [3.63, 3.8) is 0 Å². The number of allylic oxidation sites excluding steroid dienone is 1. The van der Waals surface area contributed by atoms with Crippen molar-refractivity contribution >= 4 is 46.3 Å². The number of amides is 2. The molecule has 0 radical (unpaired) electrons. The Labute approximate surface area is 271 Å². The number of ether oxygens (including phenoxy) is 1. The third-order valence-corrected chi connectivity index (χ3v) is 8.74. The summed E-state index contributed by atoms with van der Waals surface area (Å²) in [5, 5.41) is 9.59. The lowest BCUT2D eigenvalue weighted by molar-refractivity contribution is 0.0609. The highest BCUT2D eigenvalue weighted by molar-refractivity contribution is 8.03. The summed E-state index contributed by atoms with van der Waals surface area (Å²) in [6, 6.07) is 42.7. The SMILES string of the molecule is CO/C(Sc1ccccc1)=C(\N=Nc1cccc2c1C(=O)N(C(c1ccccc1)c1ccccc1)C2=O)C(=S)c1ccccc1.